The van der Waals surface area contributed by atoms with Crippen molar-refractivity contribution < 1.29 is 53.9 Å². The SMILES string of the molecule is C#CCO/N=C(\C(=O)NC1C(=O)N2C(C(=O)[O-])=C(C=C)CS[C@H]12)c1csc(N)n1.[Na+]. The number of nitrogens with zero attached hydrogens (tertiary/aromatic N) is 3. The van der Waals surface area contributed by atoms with Gasteiger partial charge in [-0.2, -0.15) is 0 Å². The minimum Gasteiger partial charge on any atom is -0.543 e. The topological polar surface area (TPSA) is 150 Å². The van der Waals surface area contributed by atoms with Gasteiger partial charge >= 0.3 is 29.6 Å². The van der Waals surface area contributed by atoms with E-state index in [1.165, 1.54) is 23.2 Å². The molecule has 150 valence electrons. The van der Waals surface area contributed by atoms with Crippen LogP contribution in [0.3, 0.4) is 0 Å². The molecule has 0 saturated carbocycles. The number of rotatable bonds is 7. The van der Waals surface area contributed by atoms with Gasteiger partial charge in [0.2, 0.25) is 0 Å². The molecule has 1 fully saturated rings. The van der Waals surface area contributed by atoms with Gasteiger partial charge < -0.3 is 25.8 Å². The molecule has 13 heteroatoms. The number of carbonyl (C=O) groups is 3. The number of carboxylic acids is 1. The third kappa shape index (κ3) is 4.55. The van der Waals surface area contributed by atoms with Crippen LogP contribution >= 0.6 is 23.1 Å². The summed E-state index contributed by atoms with van der Waals surface area (Å²) in [5, 5.41) is 18.8. The second-order valence-corrected chi connectivity index (χ2v) is 7.71. The first-order chi connectivity index (χ1) is 13.9. The smallest absolute Gasteiger partial charge is 0.543 e. The number of anilines is 1. The number of carbonyl (C=O) groups excluding carboxylic acids is 3. The summed E-state index contributed by atoms with van der Waals surface area (Å²) in [6.07, 6.45) is 6.47. The quantitative estimate of drug-likeness (QED) is 0.105. The van der Waals surface area contributed by atoms with Gasteiger partial charge in [-0.15, -0.1) is 29.5 Å². The van der Waals surface area contributed by atoms with Crippen LogP contribution in [0.2, 0.25) is 0 Å². The van der Waals surface area contributed by atoms with Crippen LogP contribution in [0.1, 0.15) is 5.69 Å². The molecule has 1 saturated heterocycles. The summed E-state index contributed by atoms with van der Waals surface area (Å²) in [5.41, 5.74) is 5.69. The third-order valence-electron chi connectivity index (χ3n) is 4.01. The first kappa shape index (κ1) is 24.0. The van der Waals surface area contributed by atoms with Crippen molar-refractivity contribution in [2.24, 2.45) is 5.16 Å². The van der Waals surface area contributed by atoms with Crippen LogP contribution < -0.4 is 45.7 Å². The van der Waals surface area contributed by atoms with Crippen molar-refractivity contribution in [1.29, 1.82) is 0 Å². The Bertz CT molecular complexity index is 999. The van der Waals surface area contributed by atoms with Crippen LogP contribution in [0.25, 0.3) is 0 Å². The van der Waals surface area contributed by atoms with Crippen molar-refractivity contribution in [2.45, 2.75) is 11.4 Å². The number of carboxylic acid groups (broad SMARTS) is 1. The summed E-state index contributed by atoms with van der Waals surface area (Å²) in [6, 6.07) is -0.956. The number of oxime groups is 1. The van der Waals surface area contributed by atoms with Crippen LogP contribution in [0.4, 0.5) is 5.13 Å². The van der Waals surface area contributed by atoms with E-state index in [1.54, 1.807) is 0 Å². The molecule has 3 rings (SSSR count). The summed E-state index contributed by atoms with van der Waals surface area (Å²) in [5.74, 6) is -0.287. The number of allylic oxidation sites excluding steroid dienone is 1. The Morgan fingerprint density at radius 3 is 2.90 bits per heavy atom. The molecule has 2 amide bonds. The molecular weight excluding hydrogens is 441 g/mol. The number of thiazole rings is 1. The van der Waals surface area contributed by atoms with Gasteiger partial charge in [0.1, 0.15) is 17.1 Å². The van der Waals surface area contributed by atoms with Crippen molar-refractivity contribution in [2.75, 3.05) is 18.1 Å². The molecule has 1 unspecified atom stereocenters. The third-order valence-corrected chi connectivity index (χ3v) is 5.98. The molecule has 0 spiro atoms. The van der Waals surface area contributed by atoms with Gasteiger partial charge in [0.25, 0.3) is 11.8 Å². The molecule has 3 heterocycles. The Morgan fingerprint density at radius 2 is 2.33 bits per heavy atom. The van der Waals surface area contributed by atoms with E-state index >= 15 is 0 Å². The average Bonchev–Trinajstić information content (AvgIpc) is 3.13. The molecule has 0 aliphatic carbocycles. The van der Waals surface area contributed by atoms with Crippen LogP contribution in [0.15, 0.2) is 34.5 Å². The van der Waals surface area contributed by atoms with E-state index in [0.717, 1.165) is 16.2 Å². The zero-order valence-corrected chi connectivity index (χ0v) is 19.4. The van der Waals surface area contributed by atoms with E-state index in [4.69, 9.17) is 17.0 Å². The van der Waals surface area contributed by atoms with Gasteiger partial charge in [-0.25, -0.2) is 4.98 Å². The zero-order valence-electron chi connectivity index (χ0n) is 15.8. The summed E-state index contributed by atoms with van der Waals surface area (Å²) >= 11 is 2.39. The molecule has 1 aromatic heterocycles. The van der Waals surface area contributed by atoms with Gasteiger partial charge in [-0.3, -0.25) is 14.5 Å². The van der Waals surface area contributed by atoms with Crippen molar-refractivity contribution in [1.82, 2.24) is 15.2 Å². The largest absolute Gasteiger partial charge is 1.00 e. The Balaban J connectivity index is 0.00000320. The summed E-state index contributed by atoms with van der Waals surface area (Å²) in [6.45, 7) is 3.39. The Labute approximate surface area is 201 Å². The Kier molecular flexibility index (Phi) is 8.10. The number of nitrogens with two attached hydrogens (primary N) is 1. The molecule has 0 bridgehead atoms. The van der Waals surface area contributed by atoms with Gasteiger partial charge in [0, 0.05) is 11.1 Å². The fourth-order valence-corrected chi connectivity index (χ4v) is 4.62. The molecule has 2 aliphatic heterocycles. The van der Waals surface area contributed by atoms with Crippen molar-refractivity contribution in [3.63, 3.8) is 0 Å². The number of nitrogen functional groups attached to an aromatic ring is 1. The molecule has 0 aromatic carbocycles. The second kappa shape index (κ2) is 10.1. The second-order valence-electron chi connectivity index (χ2n) is 5.71. The average molecular weight is 455 g/mol. The number of hydrogen-bond donors (Lipinski definition) is 2. The molecule has 10 nitrogen and oxygen atoms in total. The molecule has 2 aliphatic rings. The number of fused-ring (bicyclic) bond motifs is 1. The van der Waals surface area contributed by atoms with Gasteiger partial charge in [-0.05, 0) is 5.57 Å². The number of aromatic nitrogens is 1. The number of nitrogens with one attached hydrogen (secondary N) is 1. The number of thioether (sulfide) groups is 1. The van der Waals surface area contributed by atoms with E-state index < -0.39 is 29.2 Å². The van der Waals surface area contributed by atoms with Crippen LogP contribution in [-0.4, -0.2) is 57.2 Å². The number of β-lactam (4-membered cyclic amide) rings is 1. The molecule has 3 N–H and O–H groups in total. The number of hydrogen-bond acceptors (Lipinski definition) is 10. The van der Waals surface area contributed by atoms with E-state index in [1.807, 2.05) is 0 Å². The van der Waals surface area contributed by atoms with Crippen LogP contribution in [-0.2, 0) is 19.2 Å². The first-order valence-electron chi connectivity index (χ1n) is 8.06. The number of aliphatic carboxylic acids is 1. The molecule has 0 radical (unpaired) electrons. The number of amides is 2. The zero-order chi connectivity index (χ0) is 21.1. The fraction of sp³-hybridized carbons (Fsp3) is 0.235. The van der Waals surface area contributed by atoms with Crippen molar-refractivity contribution in [3.05, 3.63) is 35.0 Å². The monoisotopic (exact) mass is 455 g/mol. The van der Waals surface area contributed by atoms with Crippen LogP contribution in [0.5, 0.6) is 0 Å². The van der Waals surface area contributed by atoms with Gasteiger partial charge in [0.05, 0.1) is 11.7 Å². The molecular formula is C17H14N5NaO5S2. The van der Waals surface area contributed by atoms with E-state index in [9.17, 15) is 19.5 Å². The molecule has 2 atom stereocenters. The summed E-state index contributed by atoms with van der Waals surface area (Å²) in [7, 11) is 0. The predicted molar refractivity (Wildman–Crippen MR) is 105 cm³/mol. The van der Waals surface area contributed by atoms with E-state index in [-0.39, 0.29) is 58.4 Å². The Hall–Kier alpha value is -2.30. The fourth-order valence-electron chi connectivity index (χ4n) is 2.73. The maximum absolute atomic E-state index is 12.7. The normalized spacial score (nSPS) is 20.3. The minimum absolute atomic E-state index is 0. The maximum Gasteiger partial charge on any atom is 1.00 e. The molecule has 30 heavy (non-hydrogen) atoms. The first-order valence-corrected chi connectivity index (χ1v) is 9.99. The van der Waals surface area contributed by atoms with Crippen molar-refractivity contribution >= 4 is 51.7 Å². The van der Waals surface area contributed by atoms with E-state index in [2.05, 4.69) is 28.0 Å². The summed E-state index contributed by atoms with van der Waals surface area (Å²) < 4.78 is 0. The van der Waals surface area contributed by atoms with Crippen molar-refractivity contribution in [3.8, 4) is 12.3 Å². The maximum atomic E-state index is 12.7. The predicted octanol–water partition coefficient (Wildman–Crippen LogP) is -4.33. The van der Waals surface area contributed by atoms with Gasteiger partial charge in [-0.1, -0.05) is 23.7 Å². The standard InChI is InChI=1S/C17H15N5O5S2.Na/c1-3-5-27-21-10(9-7-29-17(18)19-9)13(23)20-11-14(24)22-12(16(25)26)8(4-2)6-28-15(11)22;/h1,4,7,11,15H,2,5-6H2,(H2,18,19)(H,20,23)(H,25,26);/q;+1/p-1/b21-10-;/t11?,15-;/m1./s1. The number of terminal acetylenes is 1. The van der Waals surface area contributed by atoms with E-state index in [0.29, 0.717) is 11.3 Å². The summed E-state index contributed by atoms with van der Waals surface area (Å²) in [4.78, 5) is 46.7. The minimum atomic E-state index is -1.48. The van der Waals surface area contributed by atoms with Crippen LogP contribution in [0, 0.1) is 12.3 Å². The molecule has 1 aromatic rings. The Morgan fingerprint density at radius 1 is 1.60 bits per heavy atom. The van der Waals surface area contributed by atoms with Gasteiger partial charge in [0.15, 0.2) is 17.5 Å².